The summed E-state index contributed by atoms with van der Waals surface area (Å²) in [5.74, 6) is -0.936. The fourth-order valence-corrected chi connectivity index (χ4v) is 5.98. The van der Waals surface area contributed by atoms with E-state index in [1.807, 2.05) is 6.92 Å². The zero-order valence-electron chi connectivity index (χ0n) is 21.9. The van der Waals surface area contributed by atoms with Crippen LogP contribution in [0.2, 0.25) is 5.02 Å². The fraction of sp³-hybridized carbons (Fsp3) is 0.241. The number of aromatic nitrogens is 1. The van der Waals surface area contributed by atoms with Crippen LogP contribution in [0.15, 0.2) is 83.8 Å². The lowest BCUT2D eigenvalue weighted by molar-refractivity contribution is -0.141. The van der Waals surface area contributed by atoms with Crippen LogP contribution in [0.25, 0.3) is 10.9 Å². The molecule has 1 amide bonds. The van der Waals surface area contributed by atoms with E-state index in [-0.39, 0.29) is 34.7 Å². The molecule has 0 fully saturated rings. The molecule has 0 spiro atoms. The van der Waals surface area contributed by atoms with E-state index >= 15 is 0 Å². The van der Waals surface area contributed by atoms with Gasteiger partial charge in [-0.25, -0.2) is 13.4 Å². The Morgan fingerprint density at radius 1 is 1.05 bits per heavy atom. The van der Waals surface area contributed by atoms with Crippen LogP contribution in [-0.2, 0) is 27.5 Å². The number of carbonyl (C=O) groups excluding carboxylic acids is 1. The number of benzene rings is 3. The maximum absolute atomic E-state index is 13.9. The lowest BCUT2D eigenvalue weighted by atomic mass is 10.0. The number of fused-ring (bicyclic) bond motifs is 1. The minimum atomic E-state index is -4.69. The first-order valence-corrected chi connectivity index (χ1v) is 14.5. The van der Waals surface area contributed by atoms with E-state index in [1.54, 1.807) is 30.3 Å². The molecule has 12 heteroatoms. The minimum absolute atomic E-state index is 0.0247. The highest BCUT2D eigenvalue weighted by Crippen LogP contribution is 2.36. The van der Waals surface area contributed by atoms with Crippen molar-refractivity contribution < 1.29 is 31.1 Å². The molecule has 3 aromatic carbocycles. The third-order valence-electron chi connectivity index (χ3n) is 6.31. The molecule has 4 aromatic rings. The molecule has 216 valence electrons. The van der Waals surface area contributed by atoms with E-state index in [4.69, 9.17) is 22.1 Å². The highest BCUT2D eigenvalue weighted by atomic mass is 35.5. The molecule has 7 nitrogen and oxygen atoms in total. The van der Waals surface area contributed by atoms with Gasteiger partial charge in [0.25, 0.3) is 0 Å². The normalized spacial score (nSPS) is 12.9. The van der Waals surface area contributed by atoms with Crippen molar-refractivity contribution in [2.45, 2.75) is 43.4 Å². The highest BCUT2D eigenvalue weighted by molar-refractivity contribution is 7.89. The summed E-state index contributed by atoms with van der Waals surface area (Å²) in [4.78, 5) is 16.4. The molecule has 2 N–H and O–H groups in total. The molecule has 1 aromatic heterocycles. The lowest BCUT2D eigenvalue weighted by Gasteiger charge is -2.29. The van der Waals surface area contributed by atoms with Crippen molar-refractivity contribution in [3.8, 4) is 5.75 Å². The van der Waals surface area contributed by atoms with Gasteiger partial charge in [-0.2, -0.15) is 17.5 Å². The Morgan fingerprint density at radius 2 is 1.73 bits per heavy atom. The Kier molecular flexibility index (Phi) is 9.21. The second-order valence-electron chi connectivity index (χ2n) is 9.28. The first-order valence-electron chi connectivity index (χ1n) is 12.7. The smallest absolute Gasteiger partial charge is 0.433 e. The molecule has 0 aliphatic carbocycles. The minimum Gasteiger partial charge on any atom is -0.493 e. The maximum Gasteiger partial charge on any atom is 0.433 e. The molecule has 0 saturated heterocycles. The van der Waals surface area contributed by atoms with Gasteiger partial charge in [-0.3, -0.25) is 4.79 Å². The number of carbonyl (C=O) groups is 1. The zero-order chi connectivity index (χ0) is 29.8. The summed E-state index contributed by atoms with van der Waals surface area (Å²) in [5, 5.41) is 0.589. The molecule has 0 saturated carbocycles. The second-order valence-corrected chi connectivity index (χ2v) is 11.6. The number of hydrogen-bond donors (Lipinski definition) is 1. The van der Waals surface area contributed by atoms with Gasteiger partial charge < -0.3 is 10.5 Å². The first kappa shape index (κ1) is 30.3. The number of nitrogens with zero attached hydrogens (tertiary/aromatic N) is 2. The second kappa shape index (κ2) is 12.5. The van der Waals surface area contributed by atoms with Gasteiger partial charge in [0.2, 0.25) is 15.9 Å². The zero-order valence-corrected chi connectivity index (χ0v) is 23.5. The number of nitrogens with two attached hydrogens (primary N) is 1. The van der Waals surface area contributed by atoms with E-state index < -0.39 is 33.8 Å². The number of amides is 1. The average molecular weight is 606 g/mol. The number of primary amides is 1. The average Bonchev–Trinajstić information content (AvgIpc) is 2.93. The molecule has 0 aliphatic heterocycles. The van der Waals surface area contributed by atoms with Crippen molar-refractivity contribution in [3.05, 3.63) is 101 Å². The van der Waals surface area contributed by atoms with E-state index in [0.717, 1.165) is 16.8 Å². The Hall–Kier alpha value is -3.67. The molecule has 4 rings (SSSR count). The predicted molar refractivity (Wildman–Crippen MR) is 150 cm³/mol. The molecule has 41 heavy (non-hydrogen) atoms. The number of halogens is 4. The van der Waals surface area contributed by atoms with Gasteiger partial charge in [-0.05, 0) is 53.9 Å². The number of ether oxygens (including phenoxy) is 1. The summed E-state index contributed by atoms with van der Waals surface area (Å²) in [6.07, 6.45) is -3.30. The van der Waals surface area contributed by atoms with Crippen LogP contribution in [0.1, 0.15) is 42.6 Å². The van der Waals surface area contributed by atoms with Crippen LogP contribution in [0.3, 0.4) is 0 Å². The largest absolute Gasteiger partial charge is 0.493 e. The summed E-state index contributed by atoms with van der Waals surface area (Å²) in [6.45, 7) is 1.77. The van der Waals surface area contributed by atoms with Crippen molar-refractivity contribution >= 4 is 38.4 Å². The number of hydrogen-bond acceptors (Lipinski definition) is 5. The highest BCUT2D eigenvalue weighted by Gasteiger charge is 2.37. The first-order chi connectivity index (χ1) is 19.4. The molecule has 1 unspecified atom stereocenters. The maximum atomic E-state index is 13.9. The van der Waals surface area contributed by atoms with Crippen LogP contribution < -0.4 is 10.5 Å². The van der Waals surface area contributed by atoms with Crippen molar-refractivity contribution in [2.24, 2.45) is 5.73 Å². The Morgan fingerprint density at radius 3 is 2.34 bits per heavy atom. The standard InChI is InChI=1S/C29H27ClF3N3O4S/c1-2-3-15-40-25-17-26(29(31,32)33)35-24-14-9-19(16-23(24)25)18-36(27(28(34)37)20-7-5-4-6-8-20)41(38,39)22-12-10-21(30)11-13-22/h4-14,16-17,27H,2-3,15,18H2,1H3,(H2,34,37). The van der Waals surface area contributed by atoms with Crippen molar-refractivity contribution in [2.75, 3.05) is 6.61 Å². The topological polar surface area (TPSA) is 103 Å². The van der Waals surface area contributed by atoms with Gasteiger partial charge in [-0.15, -0.1) is 0 Å². The van der Waals surface area contributed by atoms with Crippen LogP contribution in [0.5, 0.6) is 5.75 Å². The molecular weight excluding hydrogens is 579 g/mol. The number of alkyl halides is 3. The van der Waals surface area contributed by atoms with Gasteiger partial charge in [0.05, 0.1) is 17.0 Å². The monoisotopic (exact) mass is 605 g/mol. The Labute approximate surface area is 240 Å². The quantitative estimate of drug-likeness (QED) is 0.197. The third-order valence-corrected chi connectivity index (χ3v) is 8.39. The number of sulfonamides is 1. The molecule has 0 radical (unpaired) electrons. The molecule has 1 atom stereocenters. The van der Waals surface area contributed by atoms with E-state index in [2.05, 4.69) is 4.98 Å². The fourth-order valence-electron chi connectivity index (χ4n) is 4.28. The van der Waals surface area contributed by atoms with E-state index in [1.165, 1.54) is 42.5 Å². The van der Waals surface area contributed by atoms with Gasteiger partial charge in [0.1, 0.15) is 17.5 Å². The molecule has 0 bridgehead atoms. The van der Waals surface area contributed by atoms with Gasteiger partial charge in [0.15, 0.2) is 0 Å². The van der Waals surface area contributed by atoms with Crippen LogP contribution >= 0.6 is 11.6 Å². The number of unbranched alkanes of at least 4 members (excludes halogenated alkanes) is 1. The van der Waals surface area contributed by atoms with Crippen molar-refractivity contribution in [3.63, 3.8) is 0 Å². The summed E-state index contributed by atoms with van der Waals surface area (Å²) in [7, 11) is -4.34. The Balaban J connectivity index is 1.85. The predicted octanol–water partition coefficient (Wildman–Crippen LogP) is 6.50. The molecular formula is C29H27ClF3N3O4S. The van der Waals surface area contributed by atoms with Gasteiger partial charge >= 0.3 is 6.18 Å². The lowest BCUT2D eigenvalue weighted by Crippen LogP contribution is -2.41. The van der Waals surface area contributed by atoms with E-state index in [9.17, 15) is 26.4 Å². The van der Waals surface area contributed by atoms with Crippen LogP contribution in [-0.4, -0.2) is 30.2 Å². The van der Waals surface area contributed by atoms with E-state index in [0.29, 0.717) is 22.6 Å². The number of pyridine rings is 1. The number of rotatable bonds is 11. The molecule has 1 heterocycles. The Bertz CT molecular complexity index is 1630. The molecule has 0 aliphatic rings. The summed E-state index contributed by atoms with van der Waals surface area (Å²) in [6, 6.07) is 17.4. The summed E-state index contributed by atoms with van der Waals surface area (Å²) >= 11 is 5.96. The summed E-state index contributed by atoms with van der Waals surface area (Å²) < 4.78 is 75.1. The third kappa shape index (κ3) is 6.98. The van der Waals surface area contributed by atoms with Gasteiger partial charge in [-0.1, -0.05) is 61.3 Å². The van der Waals surface area contributed by atoms with Gasteiger partial charge in [0, 0.05) is 23.0 Å². The van der Waals surface area contributed by atoms with Crippen LogP contribution in [0.4, 0.5) is 13.2 Å². The van der Waals surface area contributed by atoms with Crippen molar-refractivity contribution in [1.29, 1.82) is 0 Å². The SMILES string of the molecule is CCCCOc1cc(C(F)(F)F)nc2ccc(CN(C(C(N)=O)c3ccccc3)S(=O)(=O)c3ccc(Cl)cc3)cc12. The van der Waals surface area contributed by atoms with Crippen molar-refractivity contribution in [1.82, 2.24) is 9.29 Å². The van der Waals surface area contributed by atoms with Crippen LogP contribution in [0, 0.1) is 0 Å². The summed E-state index contributed by atoms with van der Waals surface area (Å²) in [5.41, 5.74) is 5.40.